The summed E-state index contributed by atoms with van der Waals surface area (Å²) in [4.78, 5) is 31.0. The third kappa shape index (κ3) is 3.22. The Morgan fingerprint density at radius 1 is 1.12 bits per heavy atom. The van der Waals surface area contributed by atoms with E-state index in [2.05, 4.69) is 21.0 Å². The van der Waals surface area contributed by atoms with Gasteiger partial charge in [0.15, 0.2) is 0 Å². The van der Waals surface area contributed by atoms with Crippen molar-refractivity contribution < 1.29 is 4.79 Å². The highest BCUT2D eigenvalue weighted by Gasteiger charge is 2.46. The first-order valence-electron chi connectivity index (χ1n) is 12.3. The molecule has 0 N–H and O–H groups in total. The lowest BCUT2D eigenvalue weighted by Crippen LogP contribution is -2.60. The summed E-state index contributed by atoms with van der Waals surface area (Å²) in [5, 5.41) is 5.93. The van der Waals surface area contributed by atoms with E-state index in [9.17, 15) is 9.59 Å². The van der Waals surface area contributed by atoms with E-state index in [4.69, 9.17) is 0 Å². The Balaban J connectivity index is 1.31. The average Bonchev–Trinajstić information content (AvgIpc) is 2.82. The maximum Gasteiger partial charge on any atom is 0.274 e. The minimum absolute atomic E-state index is 0.114. The SMILES string of the molecule is Cn1nc(CC(=O)N2CCCC3=C[C@H]4C[C@H](CN5CCCC[C@H]45)[C@H]32)c2ccccc2c1=O. The van der Waals surface area contributed by atoms with Crippen molar-refractivity contribution in [1.29, 1.82) is 0 Å². The fourth-order valence-electron chi connectivity index (χ4n) is 7.00. The van der Waals surface area contributed by atoms with Crippen LogP contribution in [0.4, 0.5) is 0 Å². The number of hydrogen-bond acceptors (Lipinski definition) is 4. The van der Waals surface area contributed by atoms with E-state index in [1.807, 2.05) is 24.3 Å². The zero-order chi connectivity index (χ0) is 21.8. The van der Waals surface area contributed by atoms with Gasteiger partial charge in [0.2, 0.25) is 5.91 Å². The molecule has 6 rings (SSSR count). The number of amides is 1. The van der Waals surface area contributed by atoms with E-state index in [0.717, 1.165) is 37.4 Å². The first-order valence-corrected chi connectivity index (χ1v) is 12.3. The normalized spacial score (nSPS) is 29.9. The summed E-state index contributed by atoms with van der Waals surface area (Å²) in [7, 11) is 1.67. The Hall–Kier alpha value is -2.47. The molecule has 0 unspecified atom stereocenters. The van der Waals surface area contributed by atoms with E-state index in [0.29, 0.717) is 22.9 Å². The van der Waals surface area contributed by atoms with Crippen LogP contribution in [-0.2, 0) is 18.3 Å². The number of likely N-dealkylation sites (tertiary alicyclic amines) is 1. The molecular formula is C26H32N4O2. The third-order valence-electron chi connectivity index (χ3n) is 8.33. The van der Waals surface area contributed by atoms with Crippen LogP contribution in [0.1, 0.15) is 44.2 Å². The average molecular weight is 433 g/mol. The zero-order valence-corrected chi connectivity index (χ0v) is 18.9. The highest BCUT2D eigenvalue weighted by atomic mass is 16.2. The van der Waals surface area contributed by atoms with Crippen molar-refractivity contribution in [2.24, 2.45) is 18.9 Å². The standard InChI is InChI=1S/C26H32N4O2/c1-28-26(32)21-9-3-2-8-20(21)22(27-28)15-24(31)30-12-6-7-17-13-18-14-19(25(17)30)16-29-11-5-4-10-23(18)29/h2-3,8-9,13,18-19,23,25H,4-7,10-12,14-16H2,1H3/t18-,19+,23+,25-/m0/s1. The molecule has 0 saturated carbocycles. The van der Waals surface area contributed by atoms with Gasteiger partial charge < -0.3 is 4.90 Å². The minimum Gasteiger partial charge on any atom is -0.335 e. The fraction of sp³-hybridized carbons (Fsp3) is 0.577. The lowest BCUT2D eigenvalue weighted by atomic mass is 9.68. The molecule has 2 aromatic rings. The van der Waals surface area contributed by atoms with Crippen LogP contribution in [0.2, 0.25) is 0 Å². The highest BCUT2D eigenvalue weighted by Crippen LogP contribution is 2.45. The number of carbonyl (C=O) groups excluding carboxylic acids is 1. The molecule has 6 heteroatoms. The molecule has 1 aromatic carbocycles. The second-order valence-electron chi connectivity index (χ2n) is 10.2. The van der Waals surface area contributed by atoms with Crippen molar-refractivity contribution in [3.05, 3.63) is 52.0 Å². The number of benzene rings is 1. The van der Waals surface area contributed by atoms with E-state index < -0.39 is 0 Å². The predicted molar refractivity (Wildman–Crippen MR) is 124 cm³/mol. The quantitative estimate of drug-likeness (QED) is 0.685. The van der Waals surface area contributed by atoms with Crippen molar-refractivity contribution >= 4 is 16.7 Å². The van der Waals surface area contributed by atoms with Crippen LogP contribution in [0.15, 0.2) is 40.7 Å². The van der Waals surface area contributed by atoms with Crippen LogP contribution in [0.3, 0.4) is 0 Å². The summed E-state index contributed by atoms with van der Waals surface area (Å²) in [6, 6.07) is 8.49. The van der Waals surface area contributed by atoms with Crippen LogP contribution < -0.4 is 5.56 Å². The van der Waals surface area contributed by atoms with Crippen molar-refractivity contribution in [3.63, 3.8) is 0 Å². The fourth-order valence-corrected chi connectivity index (χ4v) is 7.00. The van der Waals surface area contributed by atoms with Gasteiger partial charge in [0.05, 0.1) is 23.5 Å². The minimum atomic E-state index is -0.114. The van der Waals surface area contributed by atoms with Crippen molar-refractivity contribution in [3.8, 4) is 0 Å². The van der Waals surface area contributed by atoms with Crippen LogP contribution in [-0.4, -0.2) is 57.2 Å². The largest absolute Gasteiger partial charge is 0.335 e. The van der Waals surface area contributed by atoms with Crippen LogP contribution in [0.5, 0.6) is 0 Å². The molecule has 4 heterocycles. The number of carbonyl (C=O) groups is 1. The van der Waals surface area contributed by atoms with Crippen LogP contribution >= 0.6 is 0 Å². The molecule has 2 bridgehead atoms. The molecule has 4 atom stereocenters. The number of rotatable bonds is 2. The molecule has 0 radical (unpaired) electrons. The number of aromatic nitrogens is 2. The van der Waals surface area contributed by atoms with Crippen molar-refractivity contribution in [1.82, 2.24) is 19.6 Å². The van der Waals surface area contributed by atoms with Gasteiger partial charge in [-0.2, -0.15) is 5.10 Å². The maximum atomic E-state index is 13.7. The summed E-state index contributed by atoms with van der Waals surface area (Å²) < 4.78 is 1.37. The highest BCUT2D eigenvalue weighted by molar-refractivity contribution is 5.88. The molecule has 3 saturated heterocycles. The van der Waals surface area contributed by atoms with E-state index >= 15 is 0 Å². The number of nitrogens with zero attached hydrogens (tertiary/aromatic N) is 4. The summed E-state index contributed by atoms with van der Waals surface area (Å²) in [6.45, 7) is 3.18. The Morgan fingerprint density at radius 3 is 2.84 bits per heavy atom. The molecule has 6 nitrogen and oxygen atoms in total. The van der Waals surface area contributed by atoms with Gasteiger partial charge in [-0.1, -0.05) is 36.3 Å². The molecule has 1 aromatic heterocycles. The Labute approximate surface area is 188 Å². The molecule has 4 aliphatic rings. The van der Waals surface area contributed by atoms with Crippen LogP contribution in [0, 0.1) is 11.8 Å². The van der Waals surface area contributed by atoms with Gasteiger partial charge >= 0.3 is 0 Å². The summed E-state index contributed by atoms with van der Waals surface area (Å²) in [6.07, 6.45) is 10.2. The molecular weight excluding hydrogens is 400 g/mol. The monoisotopic (exact) mass is 432 g/mol. The van der Waals surface area contributed by atoms with Gasteiger partial charge in [-0.25, -0.2) is 4.68 Å². The van der Waals surface area contributed by atoms with Gasteiger partial charge in [-0.05, 0) is 56.6 Å². The van der Waals surface area contributed by atoms with Crippen molar-refractivity contribution in [2.45, 2.75) is 57.0 Å². The molecule has 3 fully saturated rings. The summed E-state index contributed by atoms with van der Waals surface area (Å²) in [5.74, 6) is 1.36. The number of fused-ring (bicyclic) bond motifs is 7. The molecule has 32 heavy (non-hydrogen) atoms. The second-order valence-corrected chi connectivity index (χ2v) is 10.2. The summed E-state index contributed by atoms with van der Waals surface area (Å²) in [5.41, 5.74) is 2.10. The van der Waals surface area contributed by atoms with Gasteiger partial charge in [-0.3, -0.25) is 14.5 Å². The smallest absolute Gasteiger partial charge is 0.274 e. The molecule has 1 aliphatic carbocycles. The molecule has 1 amide bonds. The Morgan fingerprint density at radius 2 is 1.97 bits per heavy atom. The van der Waals surface area contributed by atoms with E-state index in [1.165, 1.54) is 42.5 Å². The maximum absolute atomic E-state index is 13.7. The number of aryl methyl sites for hydroxylation is 1. The van der Waals surface area contributed by atoms with Crippen molar-refractivity contribution in [2.75, 3.05) is 19.6 Å². The first kappa shape index (κ1) is 20.2. The van der Waals surface area contributed by atoms with Gasteiger partial charge in [-0.15, -0.1) is 0 Å². The van der Waals surface area contributed by atoms with Gasteiger partial charge in [0.1, 0.15) is 0 Å². The first-order chi connectivity index (χ1) is 15.6. The Bertz CT molecular complexity index is 1150. The lowest BCUT2D eigenvalue weighted by Gasteiger charge is -2.54. The lowest BCUT2D eigenvalue weighted by molar-refractivity contribution is -0.135. The Kier molecular flexibility index (Phi) is 4.94. The number of piperidine rings is 3. The topological polar surface area (TPSA) is 58.4 Å². The number of hydrogen-bond donors (Lipinski definition) is 0. The van der Waals surface area contributed by atoms with Gasteiger partial charge in [0, 0.05) is 31.6 Å². The van der Waals surface area contributed by atoms with Crippen LogP contribution in [0.25, 0.3) is 10.8 Å². The molecule has 168 valence electrons. The zero-order valence-electron chi connectivity index (χ0n) is 18.9. The summed E-state index contributed by atoms with van der Waals surface area (Å²) >= 11 is 0. The van der Waals surface area contributed by atoms with E-state index in [1.54, 1.807) is 7.05 Å². The predicted octanol–water partition coefficient (Wildman–Crippen LogP) is 2.90. The molecule has 0 spiro atoms. The van der Waals surface area contributed by atoms with E-state index in [-0.39, 0.29) is 23.9 Å². The third-order valence-corrected chi connectivity index (χ3v) is 8.33. The van der Waals surface area contributed by atoms with Gasteiger partial charge in [0.25, 0.3) is 5.56 Å². The second kappa shape index (κ2) is 7.84. The molecule has 3 aliphatic heterocycles.